The molecule has 1 aliphatic rings. The molecule has 0 spiro atoms. The van der Waals surface area contributed by atoms with E-state index in [1.165, 1.54) is 18.4 Å². The molecule has 1 amide bonds. The van der Waals surface area contributed by atoms with Crippen LogP contribution in [0.15, 0.2) is 24.7 Å². The second-order valence-electron chi connectivity index (χ2n) is 6.77. The van der Waals surface area contributed by atoms with Gasteiger partial charge >= 0.3 is 0 Å². The molecule has 148 valence electrons. The van der Waals surface area contributed by atoms with Crippen LogP contribution in [0, 0.1) is 11.3 Å². The Labute approximate surface area is 172 Å². The van der Waals surface area contributed by atoms with Crippen molar-refractivity contribution >= 4 is 33.3 Å². The van der Waals surface area contributed by atoms with Gasteiger partial charge in [0.05, 0.1) is 12.5 Å². The summed E-state index contributed by atoms with van der Waals surface area (Å²) in [6.45, 7) is 3.33. The topological polar surface area (TPSA) is 104 Å². The molecule has 0 saturated carbocycles. The van der Waals surface area contributed by atoms with Gasteiger partial charge in [0.2, 0.25) is 11.8 Å². The number of likely N-dealkylation sites (tertiary alicyclic amines) is 1. The van der Waals surface area contributed by atoms with Crippen LogP contribution >= 0.6 is 11.3 Å². The lowest BCUT2D eigenvalue weighted by molar-refractivity contribution is -0.129. The van der Waals surface area contributed by atoms with Crippen molar-refractivity contribution < 1.29 is 9.53 Å². The number of nitriles is 1. The van der Waals surface area contributed by atoms with Gasteiger partial charge in [-0.05, 0) is 18.6 Å². The zero-order valence-corrected chi connectivity index (χ0v) is 17.0. The molecule has 1 N–H and O–H groups in total. The summed E-state index contributed by atoms with van der Waals surface area (Å²) in [5, 5.41) is 13.7. The van der Waals surface area contributed by atoms with Crippen LogP contribution in [0.25, 0.3) is 20.7 Å². The molecule has 29 heavy (non-hydrogen) atoms. The number of hydrogen-bond donors (Lipinski definition) is 1. The molecule has 0 unspecified atom stereocenters. The molecule has 9 heteroatoms. The van der Waals surface area contributed by atoms with Gasteiger partial charge in [-0.15, -0.1) is 11.3 Å². The van der Waals surface area contributed by atoms with Crippen LogP contribution in [0.5, 0.6) is 5.88 Å². The van der Waals surface area contributed by atoms with Gasteiger partial charge in [0.1, 0.15) is 28.6 Å². The van der Waals surface area contributed by atoms with Crippen molar-refractivity contribution in [1.29, 1.82) is 5.26 Å². The Morgan fingerprint density at radius 3 is 3.03 bits per heavy atom. The van der Waals surface area contributed by atoms with Crippen molar-refractivity contribution in [3.8, 4) is 22.4 Å². The summed E-state index contributed by atoms with van der Waals surface area (Å²) in [7, 11) is 1.49. The molecule has 0 aromatic carbocycles. The highest BCUT2D eigenvalue weighted by Gasteiger charge is 2.26. The van der Waals surface area contributed by atoms with Crippen LogP contribution in [0.2, 0.25) is 0 Å². The SMILES string of the molecule is CCC(=O)N1CC[C@H](Nc2ncnc3sc(-c4cnc(OC)c(C#N)c4)cc23)C1. The third kappa shape index (κ3) is 3.71. The minimum Gasteiger partial charge on any atom is -0.480 e. The van der Waals surface area contributed by atoms with Crippen LogP contribution in [0.4, 0.5) is 5.82 Å². The van der Waals surface area contributed by atoms with E-state index in [0.717, 1.165) is 39.4 Å². The summed E-state index contributed by atoms with van der Waals surface area (Å²) in [6, 6.07) is 6.06. The number of amides is 1. The molecule has 3 aromatic rings. The molecule has 0 aliphatic carbocycles. The summed E-state index contributed by atoms with van der Waals surface area (Å²) < 4.78 is 5.12. The molecule has 0 radical (unpaired) electrons. The predicted molar refractivity (Wildman–Crippen MR) is 111 cm³/mol. The van der Waals surface area contributed by atoms with Crippen molar-refractivity contribution in [2.24, 2.45) is 0 Å². The Balaban J connectivity index is 1.61. The summed E-state index contributed by atoms with van der Waals surface area (Å²) in [6.07, 6.45) is 4.65. The highest BCUT2D eigenvalue weighted by atomic mass is 32.1. The van der Waals surface area contributed by atoms with E-state index < -0.39 is 0 Å². The van der Waals surface area contributed by atoms with E-state index in [9.17, 15) is 10.1 Å². The van der Waals surface area contributed by atoms with Gasteiger partial charge in [0.25, 0.3) is 0 Å². The maximum atomic E-state index is 11.9. The second-order valence-corrected chi connectivity index (χ2v) is 7.80. The Morgan fingerprint density at radius 1 is 1.41 bits per heavy atom. The minimum absolute atomic E-state index is 0.166. The third-order valence-corrected chi connectivity index (χ3v) is 6.06. The van der Waals surface area contributed by atoms with Gasteiger partial charge in [-0.1, -0.05) is 6.92 Å². The molecule has 4 rings (SSSR count). The smallest absolute Gasteiger partial charge is 0.231 e. The van der Waals surface area contributed by atoms with Gasteiger partial charge < -0.3 is 15.0 Å². The van der Waals surface area contributed by atoms with Gasteiger partial charge in [-0.25, -0.2) is 15.0 Å². The number of pyridine rings is 1. The standard InChI is InChI=1S/C20H20N6O2S/c1-3-17(27)26-5-4-14(10-26)25-18-15-7-16(29-20(15)24-11-23-18)13-6-12(8-21)19(28-2)22-9-13/h6-7,9,11,14H,3-5,10H2,1-2H3,(H,23,24,25)/t14-/m0/s1. The van der Waals surface area contributed by atoms with Crippen LogP contribution in [0.1, 0.15) is 25.3 Å². The molecule has 1 aliphatic heterocycles. The van der Waals surface area contributed by atoms with E-state index in [-0.39, 0.29) is 11.9 Å². The van der Waals surface area contributed by atoms with Crippen molar-refractivity contribution in [1.82, 2.24) is 19.9 Å². The first-order chi connectivity index (χ1) is 14.1. The molecule has 1 atom stereocenters. The van der Waals surface area contributed by atoms with Gasteiger partial charge in [-0.3, -0.25) is 4.79 Å². The first-order valence-electron chi connectivity index (χ1n) is 9.36. The van der Waals surface area contributed by atoms with Crippen molar-refractivity contribution in [3.63, 3.8) is 0 Å². The van der Waals surface area contributed by atoms with E-state index in [4.69, 9.17) is 4.74 Å². The average Bonchev–Trinajstić information content (AvgIpc) is 3.40. The number of carbonyl (C=O) groups excluding carboxylic acids is 1. The number of anilines is 1. The van der Waals surface area contributed by atoms with Crippen LogP contribution < -0.4 is 10.1 Å². The van der Waals surface area contributed by atoms with Crippen LogP contribution in [0.3, 0.4) is 0 Å². The fourth-order valence-electron chi connectivity index (χ4n) is 3.46. The van der Waals surface area contributed by atoms with Crippen LogP contribution in [-0.4, -0.2) is 52.0 Å². The van der Waals surface area contributed by atoms with Crippen molar-refractivity contribution in [2.45, 2.75) is 25.8 Å². The summed E-state index contributed by atoms with van der Waals surface area (Å²) >= 11 is 1.52. The molecule has 0 bridgehead atoms. The summed E-state index contributed by atoms with van der Waals surface area (Å²) in [4.78, 5) is 28.6. The Kier molecular flexibility index (Phi) is 5.27. The summed E-state index contributed by atoms with van der Waals surface area (Å²) in [5.41, 5.74) is 1.22. The molecule has 1 saturated heterocycles. The number of nitrogens with one attached hydrogen (secondary N) is 1. The molecule has 3 aromatic heterocycles. The highest BCUT2D eigenvalue weighted by Crippen LogP contribution is 2.36. The summed E-state index contributed by atoms with van der Waals surface area (Å²) in [5.74, 6) is 1.25. The number of rotatable bonds is 5. The Morgan fingerprint density at radius 2 is 2.28 bits per heavy atom. The fraction of sp³-hybridized carbons (Fsp3) is 0.350. The number of nitrogens with zero attached hydrogens (tertiary/aromatic N) is 5. The van der Waals surface area contributed by atoms with Gasteiger partial charge in [-0.2, -0.15) is 5.26 Å². The number of carbonyl (C=O) groups is 1. The molecule has 4 heterocycles. The lowest BCUT2D eigenvalue weighted by Crippen LogP contribution is -2.31. The lowest BCUT2D eigenvalue weighted by atomic mass is 10.1. The molecular formula is C20H20N6O2S. The van der Waals surface area contributed by atoms with Gasteiger partial charge in [0.15, 0.2) is 0 Å². The fourth-order valence-corrected chi connectivity index (χ4v) is 4.44. The monoisotopic (exact) mass is 408 g/mol. The number of methoxy groups -OCH3 is 1. The number of fused-ring (bicyclic) bond motifs is 1. The first kappa shape index (κ1) is 19.1. The van der Waals surface area contributed by atoms with E-state index in [1.54, 1.807) is 18.6 Å². The molecular weight excluding hydrogens is 388 g/mol. The molecule has 8 nitrogen and oxygen atoms in total. The quantitative estimate of drug-likeness (QED) is 0.692. The van der Waals surface area contributed by atoms with E-state index >= 15 is 0 Å². The zero-order valence-electron chi connectivity index (χ0n) is 16.2. The first-order valence-corrected chi connectivity index (χ1v) is 10.2. The van der Waals surface area contributed by atoms with Gasteiger partial charge in [0, 0.05) is 42.2 Å². The average molecular weight is 408 g/mol. The van der Waals surface area contributed by atoms with Crippen molar-refractivity contribution in [3.05, 3.63) is 30.2 Å². The Bertz CT molecular complexity index is 1110. The number of thiophene rings is 1. The second kappa shape index (κ2) is 8.01. The predicted octanol–water partition coefficient (Wildman–Crippen LogP) is 3.06. The molecule has 1 fully saturated rings. The zero-order chi connectivity index (χ0) is 20.4. The maximum absolute atomic E-state index is 11.9. The Hall–Kier alpha value is -3.25. The number of ether oxygens (including phenoxy) is 1. The normalized spacial score (nSPS) is 16.0. The maximum Gasteiger partial charge on any atom is 0.231 e. The lowest BCUT2D eigenvalue weighted by Gasteiger charge is -2.16. The minimum atomic E-state index is 0.166. The van der Waals surface area contributed by atoms with Crippen molar-refractivity contribution in [2.75, 3.05) is 25.5 Å². The van der Waals surface area contributed by atoms with E-state index in [0.29, 0.717) is 24.4 Å². The van der Waals surface area contributed by atoms with E-state index in [2.05, 4.69) is 26.3 Å². The third-order valence-electron chi connectivity index (χ3n) is 4.96. The largest absolute Gasteiger partial charge is 0.480 e. The number of aromatic nitrogens is 3. The van der Waals surface area contributed by atoms with E-state index in [1.807, 2.05) is 17.9 Å². The highest BCUT2D eigenvalue weighted by molar-refractivity contribution is 7.21. The van der Waals surface area contributed by atoms with Crippen LogP contribution in [-0.2, 0) is 4.79 Å². The number of hydrogen-bond acceptors (Lipinski definition) is 8.